The number of thioether (sulfide) groups is 1. The number of hydrogen-bond acceptors (Lipinski definition) is 5. The Hall–Kier alpha value is -1.27. The molecular weight excluding hydrogens is 270 g/mol. The molecule has 2 rings (SSSR count). The Balaban J connectivity index is 2.18. The van der Waals surface area contributed by atoms with Gasteiger partial charge < -0.3 is 14.8 Å². The fraction of sp³-hybridized carbons (Fsp3) is 0.333. The van der Waals surface area contributed by atoms with Gasteiger partial charge in [0.15, 0.2) is 0 Å². The number of benzene rings is 1. The molecule has 18 heavy (non-hydrogen) atoms. The number of ether oxygens (including phenoxy) is 2. The summed E-state index contributed by atoms with van der Waals surface area (Å²) in [7, 11) is 3.00. The lowest BCUT2D eigenvalue weighted by atomic mass is 10.2. The van der Waals surface area contributed by atoms with E-state index in [1.165, 1.54) is 7.11 Å². The van der Waals surface area contributed by atoms with Gasteiger partial charge in [0.1, 0.15) is 5.75 Å². The Kier molecular flexibility index (Phi) is 4.08. The number of methoxy groups -OCH3 is 2. The second kappa shape index (κ2) is 5.58. The second-order valence-electron chi connectivity index (χ2n) is 3.74. The zero-order chi connectivity index (χ0) is 13.1. The van der Waals surface area contributed by atoms with E-state index >= 15 is 0 Å². The largest absolute Gasteiger partial charge is 0.497 e. The topological polar surface area (TPSA) is 47.6 Å². The van der Waals surface area contributed by atoms with Gasteiger partial charge in [-0.1, -0.05) is 12.2 Å². The van der Waals surface area contributed by atoms with Crippen molar-refractivity contribution in [2.24, 2.45) is 0 Å². The molecule has 0 radical (unpaired) electrons. The van der Waals surface area contributed by atoms with Crippen LogP contribution in [0.2, 0.25) is 0 Å². The number of thiocarbonyl (C=S) groups is 1. The summed E-state index contributed by atoms with van der Waals surface area (Å²) in [5, 5.41) is 3.06. The molecule has 1 aromatic rings. The average molecular weight is 283 g/mol. The minimum absolute atomic E-state index is 0.0756. The summed E-state index contributed by atoms with van der Waals surface area (Å²) in [6, 6.07) is 5.73. The van der Waals surface area contributed by atoms with Crippen LogP contribution in [0, 0.1) is 0 Å². The van der Waals surface area contributed by atoms with E-state index in [9.17, 15) is 4.79 Å². The highest BCUT2D eigenvalue weighted by Crippen LogP contribution is 2.39. The number of nitrogens with one attached hydrogen (secondary N) is 1. The molecule has 6 heteroatoms. The standard InChI is InChI=1S/C12H13NO3S2/c1-15-7-3-4-9-8(5-7)13-12(17)10(18-9)6-11(14)16-2/h3-5,10H,6H2,1-2H3,(H,13,17). The van der Waals surface area contributed by atoms with Gasteiger partial charge in [-0.25, -0.2) is 0 Å². The average Bonchev–Trinajstić information content (AvgIpc) is 2.38. The quantitative estimate of drug-likeness (QED) is 0.679. The third kappa shape index (κ3) is 2.76. The van der Waals surface area contributed by atoms with Crippen molar-refractivity contribution in [3.05, 3.63) is 18.2 Å². The van der Waals surface area contributed by atoms with E-state index in [0.717, 1.165) is 16.3 Å². The highest BCUT2D eigenvalue weighted by atomic mass is 32.2. The molecule has 0 saturated carbocycles. The summed E-state index contributed by atoms with van der Waals surface area (Å²) in [5.74, 6) is 0.518. The number of anilines is 1. The van der Waals surface area contributed by atoms with Crippen LogP contribution in [-0.2, 0) is 9.53 Å². The maximum absolute atomic E-state index is 11.3. The normalized spacial score (nSPS) is 17.7. The van der Waals surface area contributed by atoms with Crippen LogP contribution < -0.4 is 10.1 Å². The van der Waals surface area contributed by atoms with E-state index in [1.807, 2.05) is 18.2 Å². The van der Waals surface area contributed by atoms with Crippen LogP contribution in [0.15, 0.2) is 23.1 Å². The summed E-state index contributed by atoms with van der Waals surface area (Å²) in [5.41, 5.74) is 0.922. The SMILES string of the molecule is COC(=O)CC1Sc2ccc(OC)cc2NC1=S. The van der Waals surface area contributed by atoms with Crippen LogP contribution in [-0.4, -0.2) is 30.4 Å². The molecule has 1 N–H and O–H groups in total. The van der Waals surface area contributed by atoms with Gasteiger partial charge in [0.2, 0.25) is 0 Å². The molecule has 1 unspecified atom stereocenters. The van der Waals surface area contributed by atoms with E-state index in [4.69, 9.17) is 17.0 Å². The highest BCUT2D eigenvalue weighted by Gasteiger charge is 2.26. The van der Waals surface area contributed by atoms with Crippen molar-refractivity contribution in [3.8, 4) is 5.75 Å². The predicted molar refractivity (Wildman–Crippen MR) is 75.5 cm³/mol. The van der Waals surface area contributed by atoms with Crippen molar-refractivity contribution in [1.29, 1.82) is 0 Å². The Labute approximate surface area is 115 Å². The third-order valence-corrected chi connectivity index (χ3v) is 4.42. The molecule has 96 valence electrons. The molecule has 0 fully saturated rings. The predicted octanol–water partition coefficient (Wildman–Crippen LogP) is 2.47. The number of rotatable bonds is 3. The number of carbonyl (C=O) groups excluding carboxylic acids is 1. The summed E-state index contributed by atoms with van der Waals surface area (Å²) >= 11 is 6.84. The van der Waals surface area contributed by atoms with Gasteiger partial charge in [0.05, 0.1) is 36.6 Å². The van der Waals surface area contributed by atoms with Crippen molar-refractivity contribution in [2.75, 3.05) is 19.5 Å². The fourth-order valence-corrected chi connectivity index (χ4v) is 3.04. The monoisotopic (exact) mass is 283 g/mol. The molecule has 1 aromatic carbocycles. The summed E-state index contributed by atoms with van der Waals surface area (Å²) in [6.07, 6.45) is 0.276. The number of fused-ring (bicyclic) bond motifs is 1. The van der Waals surface area contributed by atoms with Crippen LogP contribution in [0.3, 0.4) is 0 Å². The van der Waals surface area contributed by atoms with Crippen molar-refractivity contribution in [2.45, 2.75) is 16.6 Å². The molecule has 1 atom stereocenters. The summed E-state index contributed by atoms with van der Waals surface area (Å²) in [4.78, 5) is 13.0. The van der Waals surface area contributed by atoms with Gasteiger partial charge in [-0.2, -0.15) is 0 Å². The van der Waals surface area contributed by atoms with Gasteiger partial charge in [0, 0.05) is 11.0 Å². The Morgan fingerprint density at radius 3 is 2.94 bits per heavy atom. The first-order valence-corrected chi connectivity index (χ1v) is 6.65. The lowest BCUT2D eigenvalue weighted by Crippen LogP contribution is -2.29. The maximum atomic E-state index is 11.3. The molecule has 0 spiro atoms. The molecule has 4 nitrogen and oxygen atoms in total. The number of hydrogen-bond donors (Lipinski definition) is 1. The maximum Gasteiger partial charge on any atom is 0.307 e. The number of esters is 1. The van der Waals surface area contributed by atoms with E-state index in [2.05, 4.69) is 10.1 Å². The minimum Gasteiger partial charge on any atom is -0.497 e. The molecule has 1 heterocycles. The molecular formula is C12H13NO3S2. The zero-order valence-corrected chi connectivity index (χ0v) is 11.7. The molecule has 0 aliphatic carbocycles. The molecule has 0 bridgehead atoms. The smallest absolute Gasteiger partial charge is 0.307 e. The van der Waals surface area contributed by atoms with Crippen molar-refractivity contribution in [1.82, 2.24) is 0 Å². The van der Waals surface area contributed by atoms with Crippen LogP contribution in [0.1, 0.15) is 6.42 Å². The van der Waals surface area contributed by atoms with Crippen LogP contribution >= 0.6 is 24.0 Å². The van der Waals surface area contributed by atoms with Gasteiger partial charge >= 0.3 is 5.97 Å². The molecule has 0 saturated heterocycles. The summed E-state index contributed by atoms with van der Waals surface area (Å²) in [6.45, 7) is 0. The van der Waals surface area contributed by atoms with E-state index < -0.39 is 0 Å². The van der Waals surface area contributed by atoms with Crippen molar-refractivity contribution >= 4 is 40.6 Å². The first-order chi connectivity index (χ1) is 8.63. The van der Waals surface area contributed by atoms with Gasteiger partial charge in [-0.15, -0.1) is 11.8 Å². The molecule has 0 amide bonds. The van der Waals surface area contributed by atoms with Gasteiger partial charge in [-0.3, -0.25) is 4.79 Å². The molecule has 1 aliphatic rings. The molecule has 1 aliphatic heterocycles. The van der Waals surface area contributed by atoms with Crippen LogP contribution in [0.4, 0.5) is 5.69 Å². The van der Waals surface area contributed by atoms with Crippen LogP contribution in [0.25, 0.3) is 0 Å². The lowest BCUT2D eigenvalue weighted by Gasteiger charge is -2.26. The first kappa shape index (κ1) is 13.2. The third-order valence-electron chi connectivity index (χ3n) is 2.59. The van der Waals surface area contributed by atoms with E-state index in [-0.39, 0.29) is 17.6 Å². The Morgan fingerprint density at radius 1 is 1.50 bits per heavy atom. The number of carbonyl (C=O) groups is 1. The Bertz CT molecular complexity index is 490. The van der Waals surface area contributed by atoms with E-state index in [0.29, 0.717) is 4.99 Å². The van der Waals surface area contributed by atoms with Crippen molar-refractivity contribution < 1.29 is 14.3 Å². The van der Waals surface area contributed by atoms with Crippen LogP contribution in [0.5, 0.6) is 5.75 Å². The lowest BCUT2D eigenvalue weighted by molar-refractivity contribution is -0.140. The minimum atomic E-state index is -0.256. The zero-order valence-electron chi connectivity index (χ0n) is 10.1. The Morgan fingerprint density at radius 2 is 2.28 bits per heavy atom. The molecule has 0 aromatic heterocycles. The van der Waals surface area contributed by atoms with Crippen molar-refractivity contribution in [3.63, 3.8) is 0 Å². The second-order valence-corrected chi connectivity index (χ2v) is 5.42. The van der Waals surface area contributed by atoms with Gasteiger partial charge in [0.25, 0.3) is 0 Å². The summed E-state index contributed by atoms with van der Waals surface area (Å²) < 4.78 is 9.82. The van der Waals surface area contributed by atoms with E-state index in [1.54, 1.807) is 18.9 Å². The van der Waals surface area contributed by atoms with Gasteiger partial charge in [-0.05, 0) is 12.1 Å². The fourth-order valence-electron chi connectivity index (χ4n) is 1.63. The highest BCUT2D eigenvalue weighted by molar-refractivity contribution is 8.02. The first-order valence-electron chi connectivity index (χ1n) is 5.36.